The van der Waals surface area contributed by atoms with Gasteiger partial charge in [0.15, 0.2) is 5.78 Å². The summed E-state index contributed by atoms with van der Waals surface area (Å²) in [4.78, 5) is 40.3. The number of ketones is 1. The van der Waals surface area contributed by atoms with Gasteiger partial charge >= 0.3 is 0 Å². The molecule has 5 nitrogen and oxygen atoms in total. The van der Waals surface area contributed by atoms with E-state index in [1.165, 1.54) is 29.2 Å². The average molecular weight is 473 g/mol. The monoisotopic (exact) mass is 472 g/mol. The van der Waals surface area contributed by atoms with Gasteiger partial charge in [0.25, 0.3) is 11.8 Å². The maximum absolute atomic E-state index is 14.4. The highest BCUT2D eigenvalue weighted by Crippen LogP contribution is 2.29. The van der Waals surface area contributed by atoms with Crippen molar-refractivity contribution in [2.45, 2.75) is 13.5 Å². The predicted molar refractivity (Wildman–Crippen MR) is 126 cm³/mol. The van der Waals surface area contributed by atoms with Crippen LogP contribution in [-0.4, -0.2) is 27.1 Å². The number of benzene rings is 3. The molecule has 0 spiro atoms. The quantitative estimate of drug-likeness (QED) is 0.280. The van der Waals surface area contributed by atoms with Crippen LogP contribution in [-0.2, 0) is 6.54 Å². The van der Waals surface area contributed by atoms with Crippen molar-refractivity contribution >= 4 is 29.2 Å². The fourth-order valence-corrected chi connectivity index (χ4v) is 4.45. The Balaban J connectivity index is 1.58. The first kappa shape index (κ1) is 21.8. The van der Waals surface area contributed by atoms with Crippen LogP contribution in [0.15, 0.2) is 78.9 Å². The third-order valence-corrected chi connectivity index (χ3v) is 6.15. The molecular weight excluding hydrogens is 455 g/mol. The Bertz CT molecular complexity index is 1460. The molecule has 0 saturated heterocycles. The zero-order valence-corrected chi connectivity index (χ0v) is 18.8. The number of nitrogens with zero attached hydrogens (tertiary/aromatic N) is 2. The number of aromatic nitrogens is 1. The van der Waals surface area contributed by atoms with Crippen LogP contribution in [0.5, 0.6) is 0 Å². The van der Waals surface area contributed by atoms with Gasteiger partial charge in [-0.25, -0.2) is 4.39 Å². The van der Waals surface area contributed by atoms with Crippen molar-refractivity contribution in [3.63, 3.8) is 0 Å². The van der Waals surface area contributed by atoms with E-state index in [0.29, 0.717) is 27.5 Å². The Kier molecular flexibility index (Phi) is 5.38. The lowest BCUT2D eigenvalue weighted by molar-refractivity contribution is 0.0639. The summed E-state index contributed by atoms with van der Waals surface area (Å²) >= 11 is 6.20. The number of halogens is 2. The second-order valence-corrected chi connectivity index (χ2v) is 8.45. The van der Waals surface area contributed by atoms with Gasteiger partial charge in [0.1, 0.15) is 5.82 Å². The minimum Gasteiger partial charge on any atom is -0.316 e. The molecule has 0 atom stereocenters. The van der Waals surface area contributed by atoms with Gasteiger partial charge in [-0.2, -0.15) is 0 Å². The van der Waals surface area contributed by atoms with E-state index in [2.05, 4.69) is 0 Å². The van der Waals surface area contributed by atoms with E-state index in [1.54, 1.807) is 53.1 Å². The molecule has 1 aliphatic heterocycles. The number of amides is 2. The molecule has 1 aromatic heterocycles. The summed E-state index contributed by atoms with van der Waals surface area (Å²) in [6.07, 6.45) is 0. The van der Waals surface area contributed by atoms with Crippen LogP contribution in [0.1, 0.15) is 48.0 Å². The highest BCUT2D eigenvalue weighted by Gasteiger charge is 2.35. The highest BCUT2D eigenvalue weighted by atomic mass is 35.5. The molecule has 168 valence electrons. The maximum atomic E-state index is 14.4. The van der Waals surface area contributed by atoms with Crippen molar-refractivity contribution in [3.8, 4) is 5.69 Å². The smallest absolute Gasteiger partial charge is 0.261 e. The second-order valence-electron chi connectivity index (χ2n) is 8.01. The fourth-order valence-electron chi connectivity index (χ4n) is 4.28. The van der Waals surface area contributed by atoms with Crippen LogP contribution in [0.4, 0.5) is 4.39 Å². The topological polar surface area (TPSA) is 59.4 Å². The SMILES string of the molecule is Cc1ccc(CN2C(=O)c3ccccc3C2=O)n1-c1ccc(Cl)cc1C(=O)c1ccccc1F. The zero-order valence-electron chi connectivity index (χ0n) is 18.1. The molecule has 3 aromatic carbocycles. The Morgan fingerprint density at radius 1 is 0.853 bits per heavy atom. The van der Waals surface area contributed by atoms with Gasteiger partial charge in [-0.15, -0.1) is 0 Å². The first-order valence-electron chi connectivity index (χ1n) is 10.6. The molecule has 2 amide bonds. The fraction of sp³-hybridized carbons (Fsp3) is 0.0741. The van der Waals surface area contributed by atoms with E-state index in [0.717, 1.165) is 5.69 Å². The molecule has 2 heterocycles. The van der Waals surface area contributed by atoms with E-state index in [4.69, 9.17) is 11.6 Å². The second kappa shape index (κ2) is 8.39. The molecule has 4 aromatic rings. The van der Waals surface area contributed by atoms with Crippen LogP contribution in [0, 0.1) is 12.7 Å². The molecule has 0 bridgehead atoms. The third-order valence-electron chi connectivity index (χ3n) is 5.92. The number of hydrogen-bond acceptors (Lipinski definition) is 3. The summed E-state index contributed by atoms with van der Waals surface area (Å²) in [7, 11) is 0. The minimum atomic E-state index is -0.631. The highest BCUT2D eigenvalue weighted by molar-refractivity contribution is 6.31. The lowest BCUT2D eigenvalue weighted by atomic mass is 10.0. The van der Waals surface area contributed by atoms with Gasteiger partial charge in [0.05, 0.1) is 28.9 Å². The first-order chi connectivity index (χ1) is 16.4. The van der Waals surface area contributed by atoms with Crippen LogP contribution < -0.4 is 0 Å². The molecule has 34 heavy (non-hydrogen) atoms. The Morgan fingerprint density at radius 3 is 2.18 bits per heavy atom. The molecule has 5 rings (SSSR count). The summed E-state index contributed by atoms with van der Waals surface area (Å²) in [5.41, 5.74) is 2.74. The number of rotatable bonds is 5. The number of hydrogen-bond donors (Lipinski definition) is 0. The molecule has 0 saturated carbocycles. The van der Waals surface area contributed by atoms with Crippen molar-refractivity contribution in [2.75, 3.05) is 0 Å². The van der Waals surface area contributed by atoms with Gasteiger partial charge < -0.3 is 4.57 Å². The molecule has 0 radical (unpaired) electrons. The molecule has 0 unspecified atom stereocenters. The Hall–Kier alpha value is -4.03. The average Bonchev–Trinajstić information content (AvgIpc) is 3.31. The maximum Gasteiger partial charge on any atom is 0.261 e. The van der Waals surface area contributed by atoms with Gasteiger partial charge in [0, 0.05) is 22.0 Å². The number of aryl methyl sites for hydroxylation is 1. The van der Waals surface area contributed by atoms with Gasteiger partial charge in [-0.3, -0.25) is 19.3 Å². The van der Waals surface area contributed by atoms with Gasteiger partial charge in [0.2, 0.25) is 0 Å². The minimum absolute atomic E-state index is 0.0101. The largest absolute Gasteiger partial charge is 0.316 e. The van der Waals surface area contributed by atoms with Crippen molar-refractivity contribution in [3.05, 3.63) is 123 Å². The molecule has 7 heteroatoms. The molecule has 1 aliphatic rings. The lowest BCUT2D eigenvalue weighted by Crippen LogP contribution is -2.30. The Morgan fingerprint density at radius 2 is 1.50 bits per heavy atom. The number of imide groups is 1. The normalized spacial score (nSPS) is 12.9. The summed E-state index contributed by atoms with van der Waals surface area (Å²) in [6, 6.07) is 20.9. The molecular formula is C27H18ClFN2O3. The van der Waals surface area contributed by atoms with Crippen LogP contribution in [0.3, 0.4) is 0 Å². The summed E-state index contributed by atoms with van der Waals surface area (Å²) in [6.45, 7) is 1.86. The third kappa shape index (κ3) is 3.53. The standard InChI is InChI=1S/C27H18ClFN2O3/c1-16-10-12-18(15-30-26(33)19-6-2-3-7-20(19)27(30)34)31(16)24-13-11-17(28)14-22(24)25(32)21-8-4-5-9-23(21)29/h2-14H,15H2,1H3. The number of carbonyl (C=O) groups is 3. The molecule has 0 N–H and O–H groups in total. The van der Waals surface area contributed by atoms with Crippen LogP contribution >= 0.6 is 11.6 Å². The van der Waals surface area contributed by atoms with Crippen molar-refractivity contribution in [2.24, 2.45) is 0 Å². The Labute approximate surface area is 200 Å². The van der Waals surface area contributed by atoms with E-state index < -0.39 is 11.6 Å². The van der Waals surface area contributed by atoms with Crippen molar-refractivity contribution < 1.29 is 18.8 Å². The van der Waals surface area contributed by atoms with Gasteiger partial charge in [-0.1, -0.05) is 35.9 Å². The lowest BCUT2D eigenvalue weighted by Gasteiger charge is -2.19. The van der Waals surface area contributed by atoms with Crippen molar-refractivity contribution in [1.29, 1.82) is 0 Å². The van der Waals surface area contributed by atoms with E-state index >= 15 is 0 Å². The number of carbonyl (C=O) groups excluding carboxylic acids is 3. The molecule has 0 aliphatic carbocycles. The molecule has 0 fully saturated rings. The predicted octanol–water partition coefficient (Wildman–Crippen LogP) is 5.61. The summed E-state index contributed by atoms with van der Waals surface area (Å²) in [5, 5.41) is 0.329. The van der Waals surface area contributed by atoms with Gasteiger partial charge in [-0.05, 0) is 61.5 Å². The summed E-state index contributed by atoms with van der Waals surface area (Å²) in [5.74, 6) is -1.89. The van der Waals surface area contributed by atoms with Crippen molar-refractivity contribution in [1.82, 2.24) is 9.47 Å². The van der Waals surface area contributed by atoms with Crippen LogP contribution in [0.2, 0.25) is 5.02 Å². The summed E-state index contributed by atoms with van der Waals surface area (Å²) < 4.78 is 16.2. The number of fused-ring (bicyclic) bond motifs is 1. The van der Waals surface area contributed by atoms with Crippen LogP contribution in [0.25, 0.3) is 5.69 Å². The van der Waals surface area contributed by atoms with E-state index in [9.17, 15) is 18.8 Å². The zero-order chi connectivity index (χ0) is 24.0. The van der Waals surface area contributed by atoms with E-state index in [1.807, 2.05) is 13.0 Å². The first-order valence-corrected chi connectivity index (χ1v) is 11.0. The van der Waals surface area contributed by atoms with E-state index in [-0.39, 0.29) is 29.5 Å².